The molecule has 2 unspecified atom stereocenters. The summed E-state index contributed by atoms with van der Waals surface area (Å²) in [6.07, 6.45) is 74.3. The van der Waals surface area contributed by atoms with E-state index in [1.807, 2.05) is 6.08 Å². The summed E-state index contributed by atoms with van der Waals surface area (Å²) in [4.78, 5) is 24.5. The molecule has 0 aromatic rings. The molecule has 69 heavy (non-hydrogen) atoms. The zero-order valence-corrected chi connectivity index (χ0v) is 46.0. The molecule has 0 bridgehead atoms. The highest BCUT2D eigenvalue weighted by molar-refractivity contribution is 5.76. The van der Waals surface area contributed by atoms with Crippen LogP contribution in [0.25, 0.3) is 0 Å². The molecule has 0 aromatic heterocycles. The summed E-state index contributed by atoms with van der Waals surface area (Å²) >= 11 is 0. The lowest BCUT2D eigenvalue weighted by atomic mass is 10.0. The molecule has 3 N–H and O–H groups in total. The first-order chi connectivity index (χ1) is 34.0. The molecule has 0 spiro atoms. The molecule has 0 aliphatic carbocycles. The summed E-state index contributed by atoms with van der Waals surface area (Å²) in [7, 11) is 0. The second-order valence-electron chi connectivity index (χ2n) is 20.7. The normalized spacial score (nSPS) is 12.9. The van der Waals surface area contributed by atoms with E-state index in [4.69, 9.17) is 4.74 Å². The van der Waals surface area contributed by atoms with Crippen molar-refractivity contribution in [1.82, 2.24) is 5.32 Å². The highest BCUT2D eigenvalue weighted by Crippen LogP contribution is 2.16. The van der Waals surface area contributed by atoms with Crippen LogP contribution < -0.4 is 5.32 Å². The highest BCUT2D eigenvalue weighted by atomic mass is 16.5. The number of hydrogen-bond donors (Lipinski definition) is 3. The van der Waals surface area contributed by atoms with Gasteiger partial charge in [0.25, 0.3) is 0 Å². The Morgan fingerprint density at radius 2 is 0.725 bits per heavy atom. The van der Waals surface area contributed by atoms with Crippen LogP contribution in [0.1, 0.15) is 316 Å². The van der Waals surface area contributed by atoms with Gasteiger partial charge in [-0.05, 0) is 89.9 Å². The van der Waals surface area contributed by atoms with Crippen molar-refractivity contribution in [3.8, 4) is 0 Å². The Kier molecular flexibility index (Phi) is 56.5. The first-order valence-corrected chi connectivity index (χ1v) is 30.4. The van der Waals surface area contributed by atoms with Crippen molar-refractivity contribution in [3.63, 3.8) is 0 Å². The van der Waals surface area contributed by atoms with E-state index >= 15 is 0 Å². The van der Waals surface area contributed by atoms with E-state index in [9.17, 15) is 19.8 Å². The molecule has 0 radical (unpaired) electrons. The lowest BCUT2D eigenvalue weighted by Crippen LogP contribution is -2.45. The van der Waals surface area contributed by atoms with Gasteiger partial charge in [-0.2, -0.15) is 0 Å². The third-order valence-electron chi connectivity index (χ3n) is 13.8. The van der Waals surface area contributed by atoms with Crippen molar-refractivity contribution in [2.45, 2.75) is 328 Å². The zero-order chi connectivity index (χ0) is 50.0. The van der Waals surface area contributed by atoms with Gasteiger partial charge in [0.05, 0.1) is 25.4 Å². The van der Waals surface area contributed by atoms with E-state index in [0.717, 1.165) is 57.8 Å². The van der Waals surface area contributed by atoms with Crippen LogP contribution >= 0.6 is 0 Å². The monoisotopic (exact) mass is 968 g/mol. The maximum Gasteiger partial charge on any atom is 0.305 e. The maximum atomic E-state index is 12.4. The Labute approximate surface area is 429 Å². The van der Waals surface area contributed by atoms with E-state index in [1.54, 1.807) is 6.08 Å². The van der Waals surface area contributed by atoms with Gasteiger partial charge < -0.3 is 20.3 Å². The average molecular weight is 969 g/mol. The summed E-state index contributed by atoms with van der Waals surface area (Å²) < 4.78 is 5.48. The quantitative estimate of drug-likeness (QED) is 0.0321. The van der Waals surface area contributed by atoms with Crippen LogP contribution in [0.3, 0.4) is 0 Å². The van der Waals surface area contributed by atoms with Gasteiger partial charge in [0, 0.05) is 12.8 Å². The van der Waals surface area contributed by atoms with Gasteiger partial charge in [-0.3, -0.25) is 9.59 Å². The summed E-state index contributed by atoms with van der Waals surface area (Å²) in [5.41, 5.74) is 0. The molecule has 0 aliphatic heterocycles. The Morgan fingerprint density at radius 1 is 0.406 bits per heavy atom. The van der Waals surface area contributed by atoms with Crippen molar-refractivity contribution in [2.24, 2.45) is 0 Å². The van der Waals surface area contributed by atoms with Crippen LogP contribution in [0, 0.1) is 0 Å². The fourth-order valence-electron chi connectivity index (χ4n) is 9.13. The maximum absolute atomic E-state index is 12.4. The number of rotatable bonds is 56. The van der Waals surface area contributed by atoms with Crippen LogP contribution in [0.4, 0.5) is 0 Å². The molecule has 6 nitrogen and oxygen atoms in total. The molecular formula is C63H117NO5. The number of ether oxygens (including phenoxy) is 1. The number of aliphatic hydroxyl groups excluding tert-OH is 2. The Hall–Kier alpha value is -2.18. The second-order valence-corrected chi connectivity index (χ2v) is 20.7. The number of aliphatic hydroxyl groups is 2. The van der Waals surface area contributed by atoms with E-state index < -0.39 is 12.1 Å². The number of allylic oxidation sites excluding steroid dienone is 7. The van der Waals surface area contributed by atoms with Crippen LogP contribution in [-0.4, -0.2) is 47.4 Å². The standard InChI is InChI=1S/C63H117NO5/c1-3-5-7-9-11-13-15-17-18-29-33-37-41-45-49-53-57-63(68)69-58-54-50-46-42-38-34-30-27-25-23-21-19-20-22-24-26-28-32-36-40-44-48-52-56-62(67)64-60(59-65)61(66)55-51-47-43-39-35-31-16-14-12-10-8-6-4-2/h13,15,18,22,24,29,51,55,60-61,65-66H,3-12,14,16-17,19-21,23,25-28,30-50,52-54,56-59H2,1-2H3,(H,64,67)/b15-13-,24-22-,29-18-,55-51+. The van der Waals surface area contributed by atoms with Crippen LogP contribution in [0.5, 0.6) is 0 Å². The van der Waals surface area contributed by atoms with Gasteiger partial charge in [0.1, 0.15) is 0 Å². The van der Waals surface area contributed by atoms with Crippen LogP contribution in [0.15, 0.2) is 48.6 Å². The Morgan fingerprint density at radius 3 is 1.13 bits per heavy atom. The smallest absolute Gasteiger partial charge is 0.305 e. The molecule has 404 valence electrons. The predicted molar refractivity (Wildman–Crippen MR) is 301 cm³/mol. The number of amides is 1. The summed E-state index contributed by atoms with van der Waals surface area (Å²) in [6, 6.07) is -0.632. The van der Waals surface area contributed by atoms with Gasteiger partial charge >= 0.3 is 5.97 Å². The van der Waals surface area contributed by atoms with Gasteiger partial charge in [-0.15, -0.1) is 0 Å². The molecule has 0 saturated carbocycles. The largest absolute Gasteiger partial charge is 0.466 e. The number of hydrogen-bond acceptors (Lipinski definition) is 5. The number of carbonyl (C=O) groups excluding carboxylic acids is 2. The van der Waals surface area contributed by atoms with E-state index in [2.05, 4.69) is 55.6 Å². The minimum atomic E-state index is -0.848. The zero-order valence-electron chi connectivity index (χ0n) is 46.0. The first-order valence-electron chi connectivity index (χ1n) is 30.4. The number of carbonyl (C=O) groups is 2. The number of unbranched alkanes of at least 4 members (excludes halogenated alkanes) is 39. The topological polar surface area (TPSA) is 95.9 Å². The van der Waals surface area contributed by atoms with Gasteiger partial charge in [-0.25, -0.2) is 0 Å². The fraction of sp³-hybridized carbons (Fsp3) is 0.841. The summed E-state index contributed by atoms with van der Waals surface area (Å²) in [5.74, 6) is -0.0779. The first kappa shape index (κ1) is 66.8. The molecule has 1 amide bonds. The molecule has 0 fully saturated rings. The minimum Gasteiger partial charge on any atom is -0.466 e. The predicted octanol–water partition coefficient (Wildman–Crippen LogP) is 19.0. The van der Waals surface area contributed by atoms with E-state index in [1.165, 1.54) is 231 Å². The number of esters is 1. The van der Waals surface area contributed by atoms with Crippen molar-refractivity contribution in [2.75, 3.05) is 13.2 Å². The average Bonchev–Trinajstić information content (AvgIpc) is 3.35. The molecule has 0 aliphatic rings. The third-order valence-corrected chi connectivity index (χ3v) is 13.8. The van der Waals surface area contributed by atoms with Gasteiger partial charge in [0.15, 0.2) is 0 Å². The fourth-order valence-corrected chi connectivity index (χ4v) is 9.13. The van der Waals surface area contributed by atoms with E-state index in [0.29, 0.717) is 19.4 Å². The van der Waals surface area contributed by atoms with Crippen molar-refractivity contribution in [1.29, 1.82) is 0 Å². The van der Waals surface area contributed by atoms with Crippen LogP contribution in [-0.2, 0) is 14.3 Å². The SMILES string of the molecule is CCCCCC/C=C\C/C=C\CCCCCCCC(=O)OCCCCCCCCCCCCCC/C=C\CCCCCCCCCC(=O)NC(CO)C(O)/C=C/CCCCCCCCCCCCC. The van der Waals surface area contributed by atoms with Gasteiger partial charge in [-0.1, -0.05) is 262 Å². The number of nitrogens with one attached hydrogen (secondary N) is 1. The van der Waals surface area contributed by atoms with Crippen molar-refractivity contribution < 1.29 is 24.5 Å². The van der Waals surface area contributed by atoms with E-state index in [-0.39, 0.29) is 18.5 Å². The van der Waals surface area contributed by atoms with Crippen molar-refractivity contribution >= 4 is 11.9 Å². The molecule has 0 saturated heterocycles. The molecule has 2 atom stereocenters. The second kappa shape index (κ2) is 58.4. The minimum absolute atomic E-state index is 0.00294. The Bertz CT molecular complexity index is 1160. The highest BCUT2D eigenvalue weighted by Gasteiger charge is 2.18. The van der Waals surface area contributed by atoms with Gasteiger partial charge in [0.2, 0.25) is 5.91 Å². The summed E-state index contributed by atoms with van der Waals surface area (Å²) in [6.45, 7) is 4.87. The molecule has 0 heterocycles. The molecule has 0 aromatic carbocycles. The molecule has 0 rings (SSSR count). The van der Waals surface area contributed by atoms with Crippen LogP contribution in [0.2, 0.25) is 0 Å². The molecular weight excluding hydrogens is 851 g/mol. The Balaban J connectivity index is 3.43. The lowest BCUT2D eigenvalue weighted by molar-refractivity contribution is -0.143. The molecule has 6 heteroatoms. The lowest BCUT2D eigenvalue weighted by Gasteiger charge is -2.20. The third kappa shape index (κ3) is 55.0. The summed E-state index contributed by atoms with van der Waals surface area (Å²) in [5, 5.41) is 23.1. The van der Waals surface area contributed by atoms with Crippen molar-refractivity contribution in [3.05, 3.63) is 48.6 Å².